The van der Waals surface area contributed by atoms with Gasteiger partial charge >= 0.3 is 0 Å². The first-order valence-corrected chi connectivity index (χ1v) is 11.7. The zero-order chi connectivity index (χ0) is 25.3. The molecule has 0 unspecified atom stereocenters. The van der Waals surface area contributed by atoms with Gasteiger partial charge in [0.2, 0.25) is 5.88 Å². The maximum atomic E-state index is 12.6. The maximum absolute atomic E-state index is 12.6. The van der Waals surface area contributed by atoms with Crippen LogP contribution >= 0.6 is 0 Å². The minimum absolute atomic E-state index is 0.00882. The summed E-state index contributed by atoms with van der Waals surface area (Å²) in [6.45, 7) is 6.12. The second-order valence-electron chi connectivity index (χ2n) is 9.46. The number of nitrogens with two attached hydrogens (primary N) is 1. The summed E-state index contributed by atoms with van der Waals surface area (Å²) in [5.41, 5.74) is 7.73. The fourth-order valence-electron chi connectivity index (χ4n) is 4.65. The van der Waals surface area contributed by atoms with E-state index in [0.717, 1.165) is 23.1 Å². The Hall–Kier alpha value is -3.66. The molecule has 0 aliphatic carbocycles. The molecule has 0 bridgehead atoms. The molecular formula is C25H32N6O4. The van der Waals surface area contributed by atoms with Gasteiger partial charge in [-0.1, -0.05) is 6.92 Å². The molecule has 3 aromatic rings. The molecule has 4 rings (SSSR count). The highest BCUT2D eigenvalue weighted by molar-refractivity contribution is 6.02. The molecule has 4 N–H and O–H groups in total. The summed E-state index contributed by atoms with van der Waals surface area (Å²) in [4.78, 5) is 30.8. The molecule has 0 saturated carbocycles. The van der Waals surface area contributed by atoms with Gasteiger partial charge in [-0.25, -0.2) is 9.50 Å². The number of nitrogens with zero attached hydrogens (tertiary/aromatic N) is 4. The SMILES string of the molecule is CC[C@@H]1CN(C(=O)C(C)(C)O)CC[C@H]1Nc1c(C(N)=O)cnn2cc(-c3ccnc(OC)c3)cc12. The first-order chi connectivity index (χ1) is 16.6. The van der Waals surface area contributed by atoms with Crippen molar-refractivity contribution in [2.75, 3.05) is 25.5 Å². The molecule has 3 aromatic heterocycles. The van der Waals surface area contributed by atoms with E-state index in [1.165, 1.54) is 20.0 Å². The van der Waals surface area contributed by atoms with Crippen LogP contribution < -0.4 is 15.8 Å². The molecule has 1 aliphatic heterocycles. The Morgan fingerprint density at radius 1 is 1.31 bits per heavy atom. The summed E-state index contributed by atoms with van der Waals surface area (Å²) in [5.74, 6) is -0.219. The Morgan fingerprint density at radius 2 is 2.09 bits per heavy atom. The van der Waals surface area contributed by atoms with Crippen molar-refractivity contribution in [2.45, 2.75) is 45.3 Å². The van der Waals surface area contributed by atoms with Gasteiger partial charge in [0.05, 0.1) is 30.1 Å². The number of anilines is 1. The molecule has 35 heavy (non-hydrogen) atoms. The van der Waals surface area contributed by atoms with Crippen LogP contribution in [-0.2, 0) is 4.79 Å². The number of amides is 2. The molecule has 1 aliphatic rings. The van der Waals surface area contributed by atoms with E-state index in [1.807, 2.05) is 24.4 Å². The number of pyridine rings is 1. The molecule has 1 saturated heterocycles. The van der Waals surface area contributed by atoms with Crippen LogP contribution in [0.2, 0.25) is 0 Å². The van der Waals surface area contributed by atoms with E-state index in [0.29, 0.717) is 36.6 Å². The number of hydrogen-bond acceptors (Lipinski definition) is 7. The summed E-state index contributed by atoms with van der Waals surface area (Å²) in [6, 6.07) is 5.67. The number of hydrogen-bond donors (Lipinski definition) is 3. The molecule has 10 heteroatoms. The highest BCUT2D eigenvalue weighted by atomic mass is 16.5. The van der Waals surface area contributed by atoms with Gasteiger partial charge in [-0.3, -0.25) is 9.59 Å². The minimum Gasteiger partial charge on any atom is -0.481 e. The Morgan fingerprint density at radius 3 is 2.74 bits per heavy atom. The summed E-state index contributed by atoms with van der Waals surface area (Å²) in [7, 11) is 1.57. The molecule has 0 spiro atoms. The smallest absolute Gasteiger partial charge is 0.253 e. The van der Waals surface area contributed by atoms with Crippen LogP contribution in [0, 0.1) is 5.92 Å². The molecule has 0 radical (unpaired) electrons. The highest BCUT2D eigenvalue weighted by Gasteiger charge is 2.36. The molecule has 4 heterocycles. The predicted molar refractivity (Wildman–Crippen MR) is 132 cm³/mol. The number of rotatable bonds is 7. The van der Waals surface area contributed by atoms with E-state index in [1.54, 1.807) is 22.7 Å². The van der Waals surface area contributed by atoms with Gasteiger partial charge < -0.3 is 25.8 Å². The van der Waals surface area contributed by atoms with Gasteiger partial charge in [0.15, 0.2) is 0 Å². The molecule has 2 atom stereocenters. The van der Waals surface area contributed by atoms with Crippen molar-refractivity contribution >= 4 is 23.0 Å². The molecule has 186 valence electrons. The van der Waals surface area contributed by atoms with Crippen molar-refractivity contribution in [1.29, 1.82) is 0 Å². The fraction of sp³-hybridized carbons (Fsp3) is 0.440. The van der Waals surface area contributed by atoms with Crippen molar-refractivity contribution in [1.82, 2.24) is 19.5 Å². The molecule has 0 aromatic carbocycles. The van der Waals surface area contributed by atoms with Crippen LogP contribution in [0.15, 0.2) is 36.8 Å². The Bertz CT molecular complexity index is 1250. The van der Waals surface area contributed by atoms with Crippen LogP contribution in [0.5, 0.6) is 5.88 Å². The van der Waals surface area contributed by atoms with Crippen molar-refractivity contribution in [2.24, 2.45) is 11.7 Å². The van der Waals surface area contributed by atoms with Gasteiger partial charge in [-0.05, 0) is 50.3 Å². The van der Waals surface area contributed by atoms with E-state index < -0.39 is 11.5 Å². The largest absolute Gasteiger partial charge is 0.481 e. The van der Waals surface area contributed by atoms with Gasteiger partial charge in [0.1, 0.15) is 5.60 Å². The third-order valence-electron chi connectivity index (χ3n) is 6.58. The predicted octanol–water partition coefficient (Wildman–Crippen LogP) is 2.31. The monoisotopic (exact) mass is 480 g/mol. The van der Waals surface area contributed by atoms with Gasteiger partial charge in [-0.2, -0.15) is 5.10 Å². The molecule has 1 fully saturated rings. The first kappa shape index (κ1) is 24.5. The number of methoxy groups -OCH3 is 1. The van der Waals surface area contributed by atoms with Crippen LogP contribution in [0.1, 0.15) is 44.0 Å². The second kappa shape index (κ2) is 9.53. The van der Waals surface area contributed by atoms with Crippen LogP contribution in [0.3, 0.4) is 0 Å². The van der Waals surface area contributed by atoms with E-state index in [-0.39, 0.29) is 17.9 Å². The van der Waals surface area contributed by atoms with Crippen molar-refractivity contribution < 1.29 is 19.4 Å². The number of aromatic nitrogens is 3. The zero-order valence-corrected chi connectivity index (χ0v) is 20.5. The van der Waals surface area contributed by atoms with Gasteiger partial charge in [-0.15, -0.1) is 0 Å². The minimum atomic E-state index is -1.41. The normalized spacial score (nSPS) is 18.5. The number of aliphatic hydroxyl groups is 1. The number of nitrogens with one attached hydrogen (secondary N) is 1. The third-order valence-corrected chi connectivity index (χ3v) is 6.58. The van der Waals surface area contributed by atoms with Crippen LogP contribution in [-0.4, -0.2) is 68.3 Å². The Balaban J connectivity index is 1.68. The average molecular weight is 481 g/mol. The highest BCUT2D eigenvalue weighted by Crippen LogP contribution is 2.32. The number of carbonyl (C=O) groups is 2. The number of carbonyl (C=O) groups excluding carboxylic acids is 2. The van der Waals surface area contributed by atoms with E-state index in [9.17, 15) is 14.7 Å². The lowest BCUT2D eigenvalue weighted by Gasteiger charge is -2.41. The summed E-state index contributed by atoms with van der Waals surface area (Å²) >= 11 is 0. The zero-order valence-electron chi connectivity index (χ0n) is 20.5. The van der Waals surface area contributed by atoms with E-state index in [2.05, 4.69) is 22.3 Å². The van der Waals surface area contributed by atoms with Gasteiger partial charge in [0.25, 0.3) is 11.8 Å². The lowest BCUT2D eigenvalue weighted by molar-refractivity contribution is -0.149. The number of piperidine rings is 1. The second-order valence-corrected chi connectivity index (χ2v) is 9.46. The lowest BCUT2D eigenvalue weighted by Crippen LogP contribution is -2.53. The van der Waals surface area contributed by atoms with Crippen molar-refractivity contribution in [3.63, 3.8) is 0 Å². The molecular weight excluding hydrogens is 448 g/mol. The lowest BCUT2D eigenvalue weighted by atomic mass is 9.88. The molecule has 10 nitrogen and oxygen atoms in total. The standard InChI is InChI=1S/C25H32N6O4/c1-5-15-13-30(24(33)25(2,3)34)9-7-19(15)29-22-18(23(26)32)12-28-31-14-17(10-20(22)31)16-6-8-27-21(11-16)35-4/h6,8,10-12,14-15,19,29,34H,5,7,9,13H2,1-4H3,(H2,26,32)/t15-,19-/m1/s1. The van der Waals surface area contributed by atoms with E-state index >= 15 is 0 Å². The third kappa shape index (κ3) is 4.93. The number of primary amides is 1. The van der Waals surface area contributed by atoms with E-state index in [4.69, 9.17) is 10.5 Å². The fourth-order valence-corrected chi connectivity index (χ4v) is 4.65. The van der Waals surface area contributed by atoms with Crippen LogP contribution in [0.4, 0.5) is 5.69 Å². The number of ether oxygens (including phenoxy) is 1. The maximum Gasteiger partial charge on any atom is 0.253 e. The topological polar surface area (TPSA) is 135 Å². The Labute approximate surface area is 204 Å². The first-order valence-electron chi connectivity index (χ1n) is 11.7. The van der Waals surface area contributed by atoms with Crippen molar-refractivity contribution in [3.8, 4) is 17.0 Å². The average Bonchev–Trinajstić information content (AvgIpc) is 3.28. The quantitative estimate of drug-likeness (QED) is 0.472. The number of likely N-dealkylation sites (tertiary alicyclic amines) is 1. The molecule has 2 amide bonds. The summed E-state index contributed by atoms with van der Waals surface area (Å²) in [5, 5.41) is 18.1. The Kier molecular flexibility index (Phi) is 6.66. The van der Waals surface area contributed by atoms with Crippen molar-refractivity contribution in [3.05, 3.63) is 42.4 Å². The summed E-state index contributed by atoms with van der Waals surface area (Å²) < 4.78 is 6.96. The number of fused-ring (bicyclic) bond motifs is 1. The van der Waals surface area contributed by atoms with Crippen LogP contribution in [0.25, 0.3) is 16.6 Å². The summed E-state index contributed by atoms with van der Waals surface area (Å²) in [6.07, 6.45) is 6.52. The van der Waals surface area contributed by atoms with Gasteiger partial charge in [0, 0.05) is 43.2 Å².